The first-order valence-corrected chi connectivity index (χ1v) is 8.52. The zero-order chi connectivity index (χ0) is 17.3. The summed E-state index contributed by atoms with van der Waals surface area (Å²) in [5, 5.41) is 17.7. The number of anilines is 1. The van der Waals surface area contributed by atoms with E-state index in [9.17, 15) is 4.79 Å². The molecule has 1 aromatic heterocycles. The molecule has 1 aromatic carbocycles. The predicted molar refractivity (Wildman–Crippen MR) is 96.2 cm³/mol. The van der Waals surface area contributed by atoms with Crippen LogP contribution in [0, 0.1) is 0 Å². The number of carbonyl (C=O) groups excluding carboxylic acids is 1. The van der Waals surface area contributed by atoms with Crippen LogP contribution in [0.2, 0.25) is 0 Å². The lowest BCUT2D eigenvalue weighted by Gasteiger charge is -2.23. The van der Waals surface area contributed by atoms with Gasteiger partial charge in [-0.1, -0.05) is 30.3 Å². The fourth-order valence-corrected chi connectivity index (χ4v) is 2.63. The van der Waals surface area contributed by atoms with E-state index < -0.39 is 0 Å². The Labute approximate surface area is 147 Å². The van der Waals surface area contributed by atoms with E-state index in [0.29, 0.717) is 38.5 Å². The minimum Gasteiger partial charge on any atom is -0.378 e. The molecule has 7 heteroatoms. The Morgan fingerprint density at radius 2 is 2.04 bits per heavy atom. The zero-order valence-electron chi connectivity index (χ0n) is 14.1. The Morgan fingerprint density at radius 3 is 2.76 bits per heavy atom. The lowest BCUT2D eigenvalue weighted by atomic mass is 10.1. The lowest BCUT2D eigenvalue weighted by molar-refractivity contribution is -0.122. The number of hydrogen-bond donors (Lipinski definition) is 3. The largest absolute Gasteiger partial charge is 0.378 e. The third-order valence-corrected chi connectivity index (χ3v) is 3.92. The highest BCUT2D eigenvalue weighted by Gasteiger charge is 2.16. The van der Waals surface area contributed by atoms with Crippen molar-refractivity contribution in [2.24, 2.45) is 0 Å². The van der Waals surface area contributed by atoms with Crippen LogP contribution in [-0.2, 0) is 9.53 Å². The Balaban J connectivity index is 1.36. The Bertz CT molecular complexity index is 657. The molecule has 7 nitrogen and oxygen atoms in total. The van der Waals surface area contributed by atoms with E-state index in [4.69, 9.17) is 4.74 Å². The summed E-state index contributed by atoms with van der Waals surface area (Å²) >= 11 is 0. The van der Waals surface area contributed by atoms with E-state index in [0.717, 1.165) is 17.8 Å². The Hall–Kier alpha value is -2.51. The van der Waals surface area contributed by atoms with Crippen molar-refractivity contribution in [2.45, 2.75) is 12.5 Å². The third-order valence-electron chi connectivity index (χ3n) is 3.92. The highest BCUT2D eigenvalue weighted by Crippen LogP contribution is 2.15. The van der Waals surface area contributed by atoms with Crippen LogP contribution in [0.1, 0.15) is 6.42 Å². The summed E-state index contributed by atoms with van der Waals surface area (Å²) in [7, 11) is 0. The van der Waals surface area contributed by atoms with Gasteiger partial charge in [-0.25, -0.2) is 0 Å². The second-order valence-corrected chi connectivity index (χ2v) is 5.88. The maximum Gasteiger partial charge on any atom is 0.221 e. The van der Waals surface area contributed by atoms with Crippen molar-refractivity contribution in [3.05, 3.63) is 42.5 Å². The van der Waals surface area contributed by atoms with Crippen LogP contribution < -0.4 is 16.0 Å². The molecule has 0 radical (unpaired) electrons. The maximum absolute atomic E-state index is 11.9. The van der Waals surface area contributed by atoms with Crippen LogP contribution in [0.15, 0.2) is 42.5 Å². The molecule has 2 heterocycles. The maximum atomic E-state index is 11.9. The molecule has 0 bridgehead atoms. The van der Waals surface area contributed by atoms with Gasteiger partial charge < -0.3 is 20.7 Å². The number of nitrogens with zero attached hydrogens (tertiary/aromatic N) is 2. The van der Waals surface area contributed by atoms with Crippen LogP contribution in [-0.4, -0.2) is 55.0 Å². The standard InChI is InChI=1S/C18H23N5O2/c24-18(12-15-13-25-11-10-19-15)21-9-8-20-17-7-6-16(22-23-17)14-4-2-1-3-5-14/h1-7,15,19H,8-13H2,(H,20,23)(H,21,24). The quantitative estimate of drug-likeness (QED) is 0.653. The van der Waals surface area contributed by atoms with E-state index in [1.807, 2.05) is 42.5 Å². The minimum absolute atomic E-state index is 0.0234. The van der Waals surface area contributed by atoms with Gasteiger partial charge in [0.1, 0.15) is 5.82 Å². The van der Waals surface area contributed by atoms with Crippen molar-refractivity contribution in [3.8, 4) is 11.3 Å². The van der Waals surface area contributed by atoms with Crippen molar-refractivity contribution >= 4 is 11.7 Å². The molecule has 0 spiro atoms. The highest BCUT2D eigenvalue weighted by atomic mass is 16.5. The van der Waals surface area contributed by atoms with Gasteiger partial charge in [-0.3, -0.25) is 4.79 Å². The first-order chi connectivity index (χ1) is 12.3. The molecule has 25 heavy (non-hydrogen) atoms. The molecule has 1 amide bonds. The van der Waals surface area contributed by atoms with Gasteiger partial charge in [0, 0.05) is 37.7 Å². The number of rotatable bonds is 7. The SMILES string of the molecule is O=C(CC1COCCN1)NCCNc1ccc(-c2ccccc2)nn1. The van der Waals surface area contributed by atoms with Gasteiger partial charge in [0.15, 0.2) is 0 Å². The van der Waals surface area contributed by atoms with Gasteiger partial charge in [0.2, 0.25) is 5.91 Å². The van der Waals surface area contributed by atoms with Gasteiger partial charge >= 0.3 is 0 Å². The first-order valence-electron chi connectivity index (χ1n) is 8.52. The van der Waals surface area contributed by atoms with Crippen LogP contribution in [0.5, 0.6) is 0 Å². The minimum atomic E-state index is 0.0234. The normalized spacial score (nSPS) is 17.0. The molecule has 2 aromatic rings. The summed E-state index contributed by atoms with van der Waals surface area (Å²) in [4.78, 5) is 11.9. The second kappa shape index (κ2) is 9.10. The van der Waals surface area contributed by atoms with Crippen molar-refractivity contribution in [3.63, 3.8) is 0 Å². The Kier molecular flexibility index (Phi) is 6.30. The molecule has 1 saturated heterocycles. The fraction of sp³-hybridized carbons (Fsp3) is 0.389. The average Bonchev–Trinajstić information content (AvgIpc) is 2.67. The summed E-state index contributed by atoms with van der Waals surface area (Å²) in [5.74, 6) is 0.714. The lowest BCUT2D eigenvalue weighted by Crippen LogP contribution is -2.44. The number of ether oxygens (including phenoxy) is 1. The second-order valence-electron chi connectivity index (χ2n) is 5.88. The van der Waals surface area contributed by atoms with Crippen molar-refractivity contribution in [1.82, 2.24) is 20.8 Å². The van der Waals surface area contributed by atoms with E-state index in [2.05, 4.69) is 26.1 Å². The van der Waals surface area contributed by atoms with Crippen molar-refractivity contribution in [1.29, 1.82) is 0 Å². The summed E-state index contributed by atoms with van der Waals surface area (Å²) in [5.41, 5.74) is 1.87. The van der Waals surface area contributed by atoms with Crippen LogP contribution >= 0.6 is 0 Å². The number of benzene rings is 1. The molecule has 1 atom stereocenters. The number of aromatic nitrogens is 2. The topological polar surface area (TPSA) is 88.2 Å². The molecule has 1 aliphatic heterocycles. The molecule has 3 rings (SSSR count). The van der Waals surface area contributed by atoms with Crippen molar-refractivity contribution in [2.75, 3.05) is 38.2 Å². The van der Waals surface area contributed by atoms with Crippen LogP contribution in [0.3, 0.4) is 0 Å². The predicted octanol–water partition coefficient (Wildman–Crippen LogP) is 1.05. The molecular weight excluding hydrogens is 318 g/mol. The molecule has 1 unspecified atom stereocenters. The summed E-state index contributed by atoms with van der Waals surface area (Å²) < 4.78 is 5.34. The summed E-state index contributed by atoms with van der Waals surface area (Å²) in [6, 6.07) is 13.8. The molecule has 132 valence electrons. The number of amides is 1. The van der Waals surface area contributed by atoms with E-state index in [-0.39, 0.29) is 11.9 Å². The van der Waals surface area contributed by atoms with Gasteiger partial charge in [0.25, 0.3) is 0 Å². The molecular formula is C18H23N5O2. The van der Waals surface area contributed by atoms with E-state index >= 15 is 0 Å². The smallest absolute Gasteiger partial charge is 0.221 e. The molecule has 0 aliphatic carbocycles. The zero-order valence-corrected chi connectivity index (χ0v) is 14.1. The van der Waals surface area contributed by atoms with Gasteiger partial charge in [-0.15, -0.1) is 10.2 Å². The third kappa shape index (κ3) is 5.51. The summed E-state index contributed by atoms with van der Waals surface area (Å²) in [6.45, 7) is 3.24. The number of hydrogen-bond acceptors (Lipinski definition) is 6. The number of carbonyl (C=O) groups is 1. The molecule has 1 fully saturated rings. The molecule has 3 N–H and O–H groups in total. The van der Waals surface area contributed by atoms with Crippen LogP contribution in [0.4, 0.5) is 5.82 Å². The average molecular weight is 341 g/mol. The van der Waals surface area contributed by atoms with Gasteiger partial charge in [-0.2, -0.15) is 0 Å². The van der Waals surface area contributed by atoms with Crippen LogP contribution in [0.25, 0.3) is 11.3 Å². The van der Waals surface area contributed by atoms with Gasteiger partial charge in [0.05, 0.1) is 18.9 Å². The molecule has 1 aliphatic rings. The molecule has 0 saturated carbocycles. The number of morpholine rings is 1. The first kappa shape index (κ1) is 17.3. The van der Waals surface area contributed by atoms with Crippen molar-refractivity contribution < 1.29 is 9.53 Å². The fourth-order valence-electron chi connectivity index (χ4n) is 2.63. The van der Waals surface area contributed by atoms with E-state index in [1.54, 1.807) is 0 Å². The summed E-state index contributed by atoms with van der Waals surface area (Å²) in [6.07, 6.45) is 0.436. The monoisotopic (exact) mass is 341 g/mol. The Morgan fingerprint density at radius 1 is 1.16 bits per heavy atom. The number of nitrogens with one attached hydrogen (secondary N) is 3. The highest BCUT2D eigenvalue weighted by molar-refractivity contribution is 5.76. The van der Waals surface area contributed by atoms with E-state index in [1.165, 1.54) is 0 Å². The van der Waals surface area contributed by atoms with Gasteiger partial charge in [-0.05, 0) is 12.1 Å².